The molecule has 100 valence electrons. The molecule has 0 unspecified atom stereocenters. The second-order valence-corrected chi connectivity index (χ2v) is 5.17. The summed E-state index contributed by atoms with van der Waals surface area (Å²) < 4.78 is 0. The van der Waals surface area contributed by atoms with Gasteiger partial charge in [-0.1, -0.05) is 23.7 Å². The zero-order valence-electron chi connectivity index (χ0n) is 10.9. The number of hydrogen-bond donors (Lipinski definition) is 2. The summed E-state index contributed by atoms with van der Waals surface area (Å²) in [5.74, 6) is -0.164. The van der Waals surface area contributed by atoms with E-state index in [1.54, 1.807) is 12.1 Å². The predicted octanol–water partition coefficient (Wildman–Crippen LogP) is 4.38. The number of anilines is 1. The molecule has 0 radical (unpaired) electrons. The molecular formula is C16H13ClN2O. The SMILES string of the molecule is Cc1cccc(NC(=O)c2cc3cc(Cl)ccc3[nH]2)c1. The van der Waals surface area contributed by atoms with Gasteiger partial charge in [0.2, 0.25) is 0 Å². The molecule has 4 heteroatoms. The van der Waals surface area contributed by atoms with E-state index >= 15 is 0 Å². The Morgan fingerprint density at radius 1 is 1.15 bits per heavy atom. The van der Waals surface area contributed by atoms with Crippen LogP contribution < -0.4 is 5.32 Å². The fraction of sp³-hybridized carbons (Fsp3) is 0.0625. The minimum absolute atomic E-state index is 0.164. The lowest BCUT2D eigenvalue weighted by atomic mass is 10.2. The monoisotopic (exact) mass is 284 g/mol. The van der Waals surface area contributed by atoms with Gasteiger partial charge in [0.15, 0.2) is 0 Å². The Labute approximate surface area is 121 Å². The van der Waals surface area contributed by atoms with Crippen molar-refractivity contribution in [3.63, 3.8) is 0 Å². The summed E-state index contributed by atoms with van der Waals surface area (Å²) >= 11 is 5.94. The molecule has 0 fully saturated rings. The van der Waals surface area contributed by atoms with E-state index in [2.05, 4.69) is 10.3 Å². The number of amides is 1. The highest BCUT2D eigenvalue weighted by Gasteiger charge is 2.10. The summed E-state index contributed by atoms with van der Waals surface area (Å²) in [7, 11) is 0. The Kier molecular flexibility index (Phi) is 3.20. The smallest absolute Gasteiger partial charge is 0.272 e. The number of benzene rings is 2. The van der Waals surface area contributed by atoms with Crippen LogP contribution in [0.3, 0.4) is 0 Å². The van der Waals surface area contributed by atoms with E-state index in [1.807, 2.05) is 43.3 Å². The molecule has 2 N–H and O–H groups in total. The Hall–Kier alpha value is -2.26. The average Bonchev–Trinajstić information content (AvgIpc) is 2.81. The van der Waals surface area contributed by atoms with Crippen LogP contribution in [0.25, 0.3) is 10.9 Å². The van der Waals surface area contributed by atoms with Gasteiger partial charge in [0.1, 0.15) is 5.69 Å². The number of rotatable bonds is 2. The van der Waals surface area contributed by atoms with Crippen molar-refractivity contribution < 1.29 is 4.79 Å². The lowest BCUT2D eigenvalue weighted by Gasteiger charge is -2.04. The lowest BCUT2D eigenvalue weighted by molar-refractivity contribution is 0.102. The summed E-state index contributed by atoms with van der Waals surface area (Å²) in [6.07, 6.45) is 0. The van der Waals surface area contributed by atoms with Gasteiger partial charge in [-0.05, 0) is 48.9 Å². The molecule has 0 bridgehead atoms. The third-order valence-corrected chi connectivity index (χ3v) is 3.34. The van der Waals surface area contributed by atoms with Crippen LogP contribution in [0.15, 0.2) is 48.5 Å². The normalized spacial score (nSPS) is 10.7. The number of aromatic amines is 1. The molecule has 0 aliphatic carbocycles. The third-order valence-electron chi connectivity index (χ3n) is 3.10. The minimum Gasteiger partial charge on any atom is -0.351 e. The van der Waals surface area contributed by atoms with Crippen molar-refractivity contribution in [2.75, 3.05) is 5.32 Å². The van der Waals surface area contributed by atoms with Crippen molar-refractivity contribution in [2.45, 2.75) is 6.92 Å². The molecule has 2 aromatic carbocycles. The highest BCUT2D eigenvalue weighted by molar-refractivity contribution is 6.31. The zero-order chi connectivity index (χ0) is 14.1. The van der Waals surface area contributed by atoms with Gasteiger partial charge in [0.05, 0.1) is 0 Å². The van der Waals surface area contributed by atoms with E-state index in [-0.39, 0.29) is 5.91 Å². The largest absolute Gasteiger partial charge is 0.351 e. The topological polar surface area (TPSA) is 44.9 Å². The van der Waals surface area contributed by atoms with Crippen molar-refractivity contribution in [2.24, 2.45) is 0 Å². The summed E-state index contributed by atoms with van der Waals surface area (Å²) in [6.45, 7) is 1.99. The van der Waals surface area contributed by atoms with Crippen LogP contribution >= 0.6 is 11.6 Å². The average molecular weight is 285 g/mol. The third kappa shape index (κ3) is 2.53. The first-order chi connectivity index (χ1) is 9.61. The van der Waals surface area contributed by atoms with E-state index in [0.29, 0.717) is 10.7 Å². The Balaban J connectivity index is 1.88. The molecule has 3 aromatic rings. The molecule has 1 heterocycles. The summed E-state index contributed by atoms with van der Waals surface area (Å²) in [5, 5.41) is 4.45. The summed E-state index contributed by atoms with van der Waals surface area (Å²) in [4.78, 5) is 15.3. The molecular weight excluding hydrogens is 272 g/mol. The number of carbonyl (C=O) groups is 1. The molecule has 0 aliphatic heterocycles. The zero-order valence-corrected chi connectivity index (χ0v) is 11.7. The van der Waals surface area contributed by atoms with Crippen LogP contribution in [-0.4, -0.2) is 10.9 Å². The van der Waals surface area contributed by atoms with Gasteiger partial charge in [-0.3, -0.25) is 4.79 Å². The highest BCUT2D eigenvalue weighted by atomic mass is 35.5. The Bertz CT molecular complexity index is 792. The number of nitrogens with one attached hydrogen (secondary N) is 2. The second kappa shape index (κ2) is 5.02. The molecule has 0 spiro atoms. The molecule has 1 aromatic heterocycles. The molecule has 20 heavy (non-hydrogen) atoms. The first kappa shape index (κ1) is 12.8. The Morgan fingerprint density at radius 2 is 2.00 bits per heavy atom. The highest BCUT2D eigenvalue weighted by Crippen LogP contribution is 2.21. The first-order valence-corrected chi connectivity index (χ1v) is 6.66. The van der Waals surface area contributed by atoms with Crippen LogP contribution in [0.4, 0.5) is 5.69 Å². The maximum atomic E-state index is 12.2. The number of fused-ring (bicyclic) bond motifs is 1. The molecule has 3 rings (SSSR count). The van der Waals surface area contributed by atoms with Gasteiger partial charge < -0.3 is 10.3 Å². The van der Waals surface area contributed by atoms with Gasteiger partial charge in [0, 0.05) is 21.6 Å². The van der Waals surface area contributed by atoms with E-state index in [1.165, 1.54) is 0 Å². The van der Waals surface area contributed by atoms with E-state index < -0.39 is 0 Å². The number of hydrogen-bond acceptors (Lipinski definition) is 1. The van der Waals surface area contributed by atoms with Crippen molar-refractivity contribution in [3.8, 4) is 0 Å². The van der Waals surface area contributed by atoms with Crippen LogP contribution in [-0.2, 0) is 0 Å². The van der Waals surface area contributed by atoms with E-state index in [9.17, 15) is 4.79 Å². The predicted molar refractivity (Wildman–Crippen MR) is 82.4 cm³/mol. The van der Waals surface area contributed by atoms with Gasteiger partial charge in [-0.15, -0.1) is 0 Å². The second-order valence-electron chi connectivity index (χ2n) is 4.74. The summed E-state index contributed by atoms with van der Waals surface area (Å²) in [5.41, 5.74) is 3.30. The van der Waals surface area contributed by atoms with E-state index in [0.717, 1.165) is 22.2 Å². The fourth-order valence-corrected chi connectivity index (χ4v) is 2.33. The first-order valence-electron chi connectivity index (χ1n) is 6.28. The van der Waals surface area contributed by atoms with Gasteiger partial charge >= 0.3 is 0 Å². The quantitative estimate of drug-likeness (QED) is 0.720. The van der Waals surface area contributed by atoms with Crippen molar-refractivity contribution >= 4 is 34.1 Å². The van der Waals surface area contributed by atoms with Crippen LogP contribution in [0.5, 0.6) is 0 Å². The van der Waals surface area contributed by atoms with Crippen molar-refractivity contribution in [1.29, 1.82) is 0 Å². The maximum absolute atomic E-state index is 12.2. The molecule has 0 aliphatic rings. The number of carbonyl (C=O) groups excluding carboxylic acids is 1. The number of aryl methyl sites for hydroxylation is 1. The summed E-state index contributed by atoms with van der Waals surface area (Å²) in [6, 6.07) is 15.0. The van der Waals surface area contributed by atoms with Crippen molar-refractivity contribution in [1.82, 2.24) is 4.98 Å². The lowest BCUT2D eigenvalue weighted by Crippen LogP contribution is -2.12. The standard InChI is InChI=1S/C16H13ClN2O/c1-10-3-2-4-13(7-10)18-16(20)15-9-11-8-12(17)5-6-14(11)19-15/h2-9,19H,1H3,(H,18,20). The minimum atomic E-state index is -0.164. The fourth-order valence-electron chi connectivity index (χ4n) is 2.15. The molecule has 0 saturated heterocycles. The molecule has 1 amide bonds. The number of halogens is 1. The van der Waals surface area contributed by atoms with Gasteiger partial charge in [0.25, 0.3) is 5.91 Å². The van der Waals surface area contributed by atoms with Crippen LogP contribution in [0, 0.1) is 6.92 Å². The van der Waals surface area contributed by atoms with Crippen LogP contribution in [0.2, 0.25) is 5.02 Å². The molecule has 0 saturated carbocycles. The van der Waals surface area contributed by atoms with Crippen LogP contribution in [0.1, 0.15) is 16.1 Å². The maximum Gasteiger partial charge on any atom is 0.272 e. The van der Waals surface area contributed by atoms with Crippen molar-refractivity contribution in [3.05, 3.63) is 64.8 Å². The number of aromatic nitrogens is 1. The number of H-pyrrole nitrogens is 1. The molecule has 3 nitrogen and oxygen atoms in total. The van der Waals surface area contributed by atoms with Gasteiger partial charge in [-0.25, -0.2) is 0 Å². The van der Waals surface area contributed by atoms with E-state index in [4.69, 9.17) is 11.6 Å². The molecule has 0 atom stereocenters. The Morgan fingerprint density at radius 3 is 2.80 bits per heavy atom. The van der Waals surface area contributed by atoms with Gasteiger partial charge in [-0.2, -0.15) is 0 Å².